The lowest BCUT2D eigenvalue weighted by Gasteiger charge is -2.02. The molecule has 5 heteroatoms. The molecule has 4 nitrogen and oxygen atoms in total. The van der Waals surface area contributed by atoms with Crippen LogP contribution in [0.5, 0.6) is 0 Å². The Balaban J connectivity index is 3.02. The number of halogens is 1. The van der Waals surface area contributed by atoms with Crippen LogP contribution in [0.1, 0.15) is 12.0 Å². The minimum absolute atomic E-state index is 0.0616. The van der Waals surface area contributed by atoms with Gasteiger partial charge in [0.2, 0.25) is 0 Å². The third-order valence-corrected chi connectivity index (χ3v) is 1.88. The number of nitro groups is 1. The third-order valence-electron chi connectivity index (χ3n) is 1.88. The molecule has 0 bridgehead atoms. The van der Waals surface area contributed by atoms with Gasteiger partial charge in [-0.05, 0) is 18.9 Å². The van der Waals surface area contributed by atoms with Crippen molar-refractivity contribution in [3.63, 3.8) is 0 Å². The van der Waals surface area contributed by atoms with E-state index in [0.29, 0.717) is 6.42 Å². The van der Waals surface area contributed by atoms with Crippen LogP contribution in [0.4, 0.5) is 10.1 Å². The van der Waals surface area contributed by atoms with Gasteiger partial charge in [-0.1, -0.05) is 6.07 Å². The average Bonchev–Trinajstić information content (AvgIpc) is 2.15. The molecule has 0 radical (unpaired) electrons. The summed E-state index contributed by atoms with van der Waals surface area (Å²) in [6.07, 6.45) is 0.501. The summed E-state index contributed by atoms with van der Waals surface area (Å²) >= 11 is 0. The van der Waals surface area contributed by atoms with E-state index in [1.807, 2.05) is 0 Å². The van der Waals surface area contributed by atoms with Crippen molar-refractivity contribution in [3.8, 4) is 0 Å². The van der Waals surface area contributed by atoms with Gasteiger partial charge >= 0.3 is 0 Å². The van der Waals surface area contributed by atoms with Gasteiger partial charge < -0.3 is 5.11 Å². The number of rotatable bonds is 4. The first-order valence-electron chi connectivity index (χ1n) is 4.19. The van der Waals surface area contributed by atoms with E-state index in [2.05, 4.69) is 0 Å². The molecule has 0 spiro atoms. The number of aliphatic hydroxyl groups excluding tert-OH is 1. The number of hydrogen-bond acceptors (Lipinski definition) is 3. The lowest BCUT2D eigenvalue weighted by molar-refractivity contribution is -0.385. The molecule has 0 saturated carbocycles. The zero-order valence-corrected chi connectivity index (χ0v) is 7.44. The fourth-order valence-electron chi connectivity index (χ4n) is 1.22. The second-order valence-electron chi connectivity index (χ2n) is 2.82. The minimum atomic E-state index is -0.615. The summed E-state index contributed by atoms with van der Waals surface area (Å²) < 4.78 is 13.1. The van der Waals surface area contributed by atoms with Crippen LogP contribution in [-0.2, 0) is 6.42 Å². The van der Waals surface area contributed by atoms with Gasteiger partial charge in [0.15, 0.2) is 0 Å². The molecule has 0 amide bonds. The van der Waals surface area contributed by atoms with Crippen molar-refractivity contribution in [2.24, 2.45) is 0 Å². The molecular weight excluding hydrogens is 189 g/mol. The Labute approximate surface area is 80.1 Å². The fourth-order valence-corrected chi connectivity index (χ4v) is 1.22. The highest BCUT2D eigenvalue weighted by Gasteiger charge is 2.16. The van der Waals surface area contributed by atoms with Gasteiger partial charge in [-0.3, -0.25) is 10.1 Å². The van der Waals surface area contributed by atoms with Crippen molar-refractivity contribution in [2.45, 2.75) is 12.8 Å². The summed E-state index contributed by atoms with van der Waals surface area (Å²) in [5, 5.41) is 19.1. The molecule has 0 atom stereocenters. The monoisotopic (exact) mass is 199 g/mol. The average molecular weight is 199 g/mol. The highest BCUT2D eigenvalue weighted by molar-refractivity contribution is 5.40. The molecule has 76 valence electrons. The van der Waals surface area contributed by atoms with Crippen LogP contribution in [0.3, 0.4) is 0 Å². The Morgan fingerprint density at radius 3 is 2.79 bits per heavy atom. The molecule has 0 fully saturated rings. The second kappa shape index (κ2) is 4.66. The first kappa shape index (κ1) is 10.6. The van der Waals surface area contributed by atoms with E-state index in [-0.39, 0.29) is 24.3 Å². The summed E-state index contributed by atoms with van der Waals surface area (Å²) in [5.41, 5.74) is -0.162. The molecule has 0 saturated heterocycles. The maximum Gasteiger partial charge on any atom is 0.275 e. The van der Waals surface area contributed by atoms with Crippen LogP contribution < -0.4 is 0 Å². The van der Waals surface area contributed by atoms with Crippen molar-refractivity contribution >= 4 is 5.69 Å². The van der Waals surface area contributed by atoms with E-state index >= 15 is 0 Å². The van der Waals surface area contributed by atoms with E-state index in [0.717, 1.165) is 0 Å². The fraction of sp³-hybridized carbons (Fsp3) is 0.333. The van der Waals surface area contributed by atoms with Crippen LogP contribution in [0, 0.1) is 15.9 Å². The van der Waals surface area contributed by atoms with Gasteiger partial charge in [0.1, 0.15) is 5.82 Å². The first-order chi connectivity index (χ1) is 6.66. The van der Waals surface area contributed by atoms with Gasteiger partial charge in [-0.2, -0.15) is 0 Å². The smallest absolute Gasteiger partial charge is 0.275 e. The molecule has 0 aliphatic heterocycles. The third kappa shape index (κ3) is 2.26. The molecule has 1 rings (SSSR count). The molecule has 0 heterocycles. The zero-order chi connectivity index (χ0) is 10.6. The summed E-state index contributed by atoms with van der Waals surface area (Å²) in [5.74, 6) is -0.590. The van der Waals surface area contributed by atoms with E-state index in [4.69, 9.17) is 5.11 Å². The molecular formula is C9H10FNO3. The standard InChI is InChI=1S/C9H10FNO3/c10-8-4-1-5-9(11(13)14)7(8)3-2-6-12/h1,4-5,12H,2-3,6H2. The van der Waals surface area contributed by atoms with E-state index in [1.165, 1.54) is 18.2 Å². The van der Waals surface area contributed by atoms with Crippen molar-refractivity contribution < 1.29 is 14.4 Å². The molecule has 1 aromatic rings. The number of aliphatic hydroxyl groups is 1. The number of nitro benzene ring substituents is 1. The highest BCUT2D eigenvalue weighted by atomic mass is 19.1. The summed E-state index contributed by atoms with van der Waals surface area (Å²) in [6.45, 7) is -0.106. The summed E-state index contributed by atoms with van der Waals surface area (Å²) in [4.78, 5) is 9.90. The van der Waals surface area contributed by atoms with Gasteiger partial charge in [-0.25, -0.2) is 4.39 Å². The highest BCUT2D eigenvalue weighted by Crippen LogP contribution is 2.22. The Morgan fingerprint density at radius 1 is 1.50 bits per heavy atom. The van der Waals surface area contributed by atoms with Crippen LogP contribution in [0.25, 0.3) is 0 Å². The van der Waals surface area contributed by atoms with Gasteiger partial charge in [-0.15, -0.1) is 0 Å². The largest absolute Gasteiger partial charge is 0.396 e. The summed E-state index contributed by atoms with van der Waals surface area (Å²) in [6, 6.07) is 3.74. The molecule has 1 N–H and O–H groups in total. The van der Waals surface area contributed by atoms with Crippen molar-refractivity contribution in [1.82, 2.24) is 0 Å². The van der Waals surface area contributed by atoms with Crippen LogP contribution in [-0.4, -0.2) is 16.6 Å². The Morgan fingerprint density at radius 2 is 2.21 bits per heavy atom. The number of benzene rings is 1. The van der Waals surface area contributed by atoms with E-state index < -0.39 is 10.7 Å². The van der Waals surface area contributed by atoms with Crippen LogP contribution in [0.2, 0.25) is 0 Å². The second-order valence-corrected chi connectivity index (χ2v) is 2.82. The SMILES string of the molecule is O=[N+]([O-])c1cccc(F)c1CCCO. The maximum absolute atomic E-state index is 13.1. The van der Waals surface area contributed by atoms with Crippen molar-refractivity contribution in [1.29, 1.82) is 0 Å². The molecule has 0 aliphatic rings. The quantitative estimate of drug-likeness (QED) is 0.592. The maximum atomic E-state index is 13.1. The van der Waals surface area contributed by atoms with E-state index in [9.17, 15) is 14.5 Å². The first-order valence-corrected chi connectivity index (χ1v) is 4.19. The lowest BCUT2D eigenvalue weighted by Crippen LogP contribution is -2.00. The van der Waals surface area contributed by atoms with Crippen LogP contribution in [0.15, 0.2) is 18.2 Å². The Hall–Kier alpha value is -1.49. The minimum Gasteiger partial charge on any atom is -0.396 e. The van der Waals surface area contributed by atoms with Gasteiger partial charge in [0.05, 0.1) is 10.5 Å². The number of hydrogen-bond donors (Lipinski definition) is 1. The van der Waals surface area contributed by atoms with Crippen molar-refractivity contribution in [3.05, 3.63) is 39.7 Å². The molecule has 0 aliphatic carbocycles. The Bertz CT molecular complexity index is 341. The normalized spacial score (nSPS) is 10.1. The Kier molecular flexibility index (Phi) is 3.53. The van der Waals surface area contributed by atoms with Crippen LogP contribution >= 0.6 is 0 Å². The lowest BCUT2D eigenvalue weighted by atomic mass is 10.1. The molecule has 1 aromatic carbocycles. The molecule has 0 aromatic heterocycles. The predicted octanol–water partition coefficient (Wildman–Crippen LogP) is 1.66. The topological polar surface area (TPSA) is 63.4 Å². The molecule has 0 unspecified atom stereocenters. The number of nitrogens with zero attached hydrogens (tertiary/aromatic N) is 1. The summed E-state index contributed by atoms with van der Waals surface area (Å²) in [7, 11) is 0. The predicted molar refractivity (Wildman–Crippen MR) is 48.5 cm³/mol. The van der Waals surface area contributed by atoms with E-state index in [1.54, 1.807) is 0 Å². The zero-order valence-electron chi connectivity index (χ0n) is 7.44. The molecule has 14 heavy (non-hydrogen) atoms. The van der Waals surface area contributed by atoms with Gasteiger partial charge in [0, 0.05) is 12.7 Å². The van der Waals surface area contributed by atoms with Gasteiger partial charge in [0.25, 0.3) is 5.69 Å². The van der Waals surface area contributed by atoms with Crippen molar-refractivity contribution in [2.75, 3.05) is 6.61 Å².